The van der Waals surface area contributed by atoms with Crippen LogP contribution in [-0.2, 0) is 34.1 Å². The van der Waals surface area contributed by atoms with Gasteiger partial charge in [0.1, 0.15) is 33.8 Å². The van der Waals surface area contributed by atoms with Gasteiger partial charge in [-0.1, -0.05) is 18.2 Å². The van der Waals surface area contributed by atoms with Crippen LogP contribution in [0.5, 0.6) is 11.5 Å². The molecular formula is C30H31FO6S. The second-order valence-corrected chi connectivity index (χ2v) is 12.5. The minimum atomic E-state index is -3.01. The maximum Gasteiger partial charge on any atom is 0.307 e. The Kier molecular flexibility index (Phi) is 7.43. The third kappa shape index (κ3) is 6.18. The van der Waals surface area contributed by atoms with E-state index in [1.54, 1.807) is 18.2 Å². The summed E-state index contributed by atoms with van der Waals surface area (Å²) in [6, 6.07) is 16.7. The molecule has 0 saturated heterocycles. The van der Waals surface area contributed by atoms with Crippen molar-refractivity contribution in [2.24, 2.45) is 5.92 Å². The molecule has 3 aromatic carbocycles. The molecule has 0 aromatic heterocycles. The highest BCUT2D eigenvalue weighted by Gasteiger charge is 2.44. The van der Waals surface area contributed by atoms with Gasteiger partial charge in [-0.15, -0.1) is 0 Å². The Morgan fingerprint density at radius 2 is 1.68 bits per heavy atom. The Bertz CT molecular complexity index is 1450. The van der Waals surface area contributed by atoms with E-state index >= 15 is 4.39 Å². The molecule has 2 atom stereocenters. The summed E-state index contributed by atoms with van der Waals surface area (Å²) in [5, 5.41) is 9.14. The van der Waals surface area contributed by atoms with E-state index in [0.717, 1.165) is 47.1 Å². The minimum Gasteiger partial charge on any atom is -0.494 e. The minimum absolute atomic E-state index is 0.0574. The van der Waals surface area contributed by atoms with Crippen molar-refractivity contribution >= 4 is 15.8 Å². The summed E-state index contributed by atoms with van der Waals surface area (Å²) in [6.07, 6.45) is 4.82. The molecule has 0 spiro atoms. The van der Waals surface area contributed by atoms with Crippen LogP contribution in [0.1, 0.15) is 47.4 Å². The van der Waals surface area contributed by atoms with Crippen LogP contribution >= 0.6 is 0 Å². The third-order valence-corrected chi connectivity index (χ3v) is 8.30. The van der Waals surface area contributed by atoms with Gasteiger partial charge in [0.15, 0.2) is 0 Å². The molecule has 1 N–H and O–H groups in total. The summed E-state index contributed by atoms with van der Waals surface area (Å²) in [4.78, 5) is 11.1. The molecule has 0 unspecified atom stereocenters. The Morgan fingerprint density at radius 3 is 2.37 bits per heavy atom. The lowest BCUT2D eigenvalue weighted by Gasteiger charge is -2.15. The predicted molar refractivity (Wildman–Crippen MR) is 143 cm³/mol. The van der Waals surface area contributed by atoms with Gasteiger partial charge in [0, 0.05) is 11.8 Å². The third-order valence-electron chi connectivity index (χ3n) is 7.27. The smallest absolute Gasteiger partial charge is 0.307 e. The molecule has 5 rings (SSSR count). The topological polar surface area (TPSA) is 89.9 Å². The standard InChI is InChI=1S/C30H31FO6S/c1-38(34,35)13-3-12-36-24-10-11-25-20(14-24)4-2-5-21-16-29(31)22(15-26(21)25)18-37-23-8-6-19(7-9-23)27-17-28(27)30(32)33/h6-11,14-16,27-28H,2-5,12-13,17-18H2,1H3,(H,32,33)/t27-,28+/m1/s1. The summed E-state index contributed by atoms with van der Waals surface area (Å²) in [6.45, 7) is 0.410. The summed E-state index contributed by atoms with van der Waals surface area (Å²) in [5.74, 6) is 0.102. The van der Waals surface area contributed by atoms with Gasteiger partial charge in [-0.25, -0.2) is 12.8 Å². The van der Waals surface area contributed by atoms with Crippen molar-refractivity contribution in [3.8, 4) is 22.6 Å². The van der Waals surface area contributed by atoms with E-state index in [9.17, 15) is 13.2 Å². The van der Waals surface area contributed by atoms with Gasteiger partial charge in [-0.2, -0.15) is 0 Å². The number of carbonyl (C=O) groups is 1. The highest BCUT2D eigenvalue weighted by Crippen LogP contribution is 2.47. The van der Waals surface area contributed by atoms with E-state index in [1.807, 2.05) is 36.4 Å². The Morgan fingerprint density at radius 1 is 0.974 bits per heavy atom. The van der Waals surface area contributed by atoms with Crippen LogP contribution < -0.4 is 9.47 Å². The fraction of sp³-hybridized carbons (Fsp3) is 0.367. The van der Waals surface area contributed by atoms with Crippen molar-refractivity contribution in [3.05, 3.63) is 82.7 Å². The summed E-state index contributed by atoms with van der Waals surface area (Å²) >= 11 is 0. The second kappa shape index (κ2) is 10.8. The summed E-state index contributed by atoms with van der Waals surface area (Å²) in [7, 11) is -3.01. The summed E-state index contributed by atoms with van der Waals surface area (Å²) < 4.78 is 49.4. The molecule has 38 heavy (non-hydrogen) atoms. The molecule has 2 aliphatic rings. The highest BCUT2D eigenvalue weighted by molar-refractivity contribution is 7.90. The molecule has 1 saturated carbocycles. The molecule has 0 bridgehead atoms. The van der Waals surface area contributed by atoms with Crippen molar-refractivity contribution in [1.29, 1.82) is 0 Å². The first kappa shape index (κ1) is 26.2. The Balaban J connectivity index is 1.28. The number of halogens is 1. The lowest BCUT2D eigenvalue weighted by Crippen LogP contribution is -2.08. The van der Waals surface area contributed by atoms with Crippen molar-refractivity contribution in [3.63, 3.8) is 0 Å². The zero-order valence-corrected chi connectivity index (χ0v) is 22.1. The number of aryl methyl sites for hydroxylation is 2. The van der Waals surface area contributed by atoms with Crippen molar-refractivity contribution in [2.75, 3.05) is 18.6 Å². The molecule has 0 aliphatic heterocycles. The van der Waals surface area contributed by atoms with E-state index in [4.69, 9.17) is 14.6 Å². The number of benzene rings is 3. The molecule has 0 heterocycles. The predicted octanol–water partition coefficient (Wildman–Crippen LogP) is 5.56. The van der Waals surface area contributed by atoms with Crippen LogP contribution in [0.2, 0.25) is 0 Å². The van der Waals surface area contributed by atoms with Crippen LogP contribution in [0.25, 0.3) is 11.1 Å². The lowest BCUT2D eigenvalue weighted by molar-refractivity contribution is -0.138. The number of rotatable bonds is 10. The zero-order chi connectivity index (χ0) is 26.9. The van der Waals surface area contributed by atoms with Crippen molar-refractivity contribution in [1.82, 2.24) is 0 Å². The van der Waals surface area contributed by atoms with Crippen LogP contribution in [0.4, 0.5) is 4.39 Å². The quantitative estimate of drug-likeness (QED) is 0.340. The first-order chi connectivity index (χ1) is 18.2. The molecular weight excluding hydrogens is 507 g/mol. The number of aliphatic carboxylic acids is 1. The number of hydrogen-bond acceptors (Lipinski definition) is 5. The van der Waals surface area contributed by atoms with Gasteiger partial charge >= 0.3 is 5.97 Å². The molecule has 200 valence electrons. The first-order valence-corrected chi connectivity index (χ1v) is 14.9. The van der Waals surface area contributed by atoms with Gasteiger partial charge in [-0.05, 0) is 102 Å². The van der Waals surface area contributed by atoms with E-state index in [1.165, 1.54) is 6.26 Å². The number of sulfone groups is 1. The molecule has 8 heteroatoms. The Labute approximate surface area is 222 Å². The normalized spacial score (nSPS) is 18.2. The molecule has 6 nitrogen and oxygen atoms in total. The molecule has 0 radical (unpaired) electrons. The monoisotopic (exact) mass is 538 g/mol. The van der Waals surface area contributed by atoms with Gasteiger partial charge in [0.2, 0.25) is 0 Å². The van der Waals surface area contributed by atoms with Crippen molar-refractivity contribution < 1.29 is 32.2 Å². The lowest BCUT2D eigenvalue weighted by atomic mass is 9.94. The molecule has 1 fully saturated rings. The van der Waals surface area contributed by atoms with Gasteiger partial charge < -0.3 is 14.6 Å². The average Bonchev–Trinajstić information content (AvgIpc) is 3.69. The fourth-order valence-corrected chi connectivity index (χ4v) is 5.79. The average molecular weight is 539 g/mol. The van der Waals surface area contributed by atoms with Crippen LogP contribution in [0.3, 0.4) is 0 Å². The fourth-order valence-electron chi connectivity index (χ4n) is 5.15. The largest absolute Gasteiger partial charge is 0.494 e. The van der Waals surface area contributed by atoms with Gasteiger partial charge in [-0.3, -0.25) is 4.79 Å². The maximum absolute atomic E-state index is 15.0. The van der Waals surface area contributed by atoms with E-state index in [-0.39, 0.29) is 30.0 Å². The van der Waals surface area contributed by atoms with Gasteiger partial charge in [0.05, 0.1) is 18.3 Å². The molecule has 2 aliphatic carbocycles. The second-order valence-electron chi connectivity index (χ2n) is 10.2. The summed E-state index contributed by atoms with van der Waals surface area (Å²) in [5.41, 5.74) is 5.58. The number of carboxylic acid groups (broad SMARTS) is 1. The van der Waals surface area contributed by atoms with Crippen molar-refractivity contribution in [2.45, 2.75) is 44.6 Å². The zero-order valence-electron chi connectivity index (χ0n) is 21.3. The number of hydrogen-bond donors (Lipinski definition) is 1. The number of carboxylic acids is 1. The van der Waals surface area contributed by atoms with E-state index in [0.29, 0.717) is 36.5 Å². The van der Waals surface area contributed by atoms with Crippen LogP contribution in [0, 0.1) is 11.7 Å². The number of fused-ring (bicyclic) bond motifs is 3. The van der Waals surface area contributed by atoms with E-state index in [2.05, 4.69) is 0 Å². The Hall–Kier alpha value is -3.39. The van der Waals surface area contributed by atoms with E-state index < -0.39 is 15.8 Å². The first-order valence-electron chi connectivity index (χ1n) is 12.9. The van der Waals surface area contributed by atoms with Gasteiger partial charge in [0.25, 0.3) is 0 Å². The number of ether oxygens (including phenoxy) is 2. The maximum atomic E-state index is 15.0. The highest BCUT2D eigenvalue weighted by atomic mass is 32.2. The SMILES string of the molecule is CS(=O)(=O)CCCOc1ccc2c(c1)CCCc1cc(F)c(COc3ccc([C@H]4C[C@@H]4C(=O)O)cc3)cc1-2. The molecule has 0 amide bonds. The van der Waals surface area contributed by atoms with Crippen LogP contribution in [0.15, 0.2) is 54.6 Å². The molecule has 3 aromatic rings. The van der Waals surface area contributed by atoms with Crippen LogP contribution in [-0.4, -0.2) is 38.1 Å².